The van der Waals surface area contributed by atoms with Gasteiger partial charge in [0.1, 0.15) is 29.4 Å². The van der Waals surface area contributed by atoms with Crippen LogP contribution >= 0.6 is 46.3 Å². The van der Waals surface area contributed by atoms with Gasteiger partial charge in [-0.05, 0) is 0 Å². The van der Waals surface area contributed by atoms with E-state index in [1.54, 1.807) is 10.9 Å². The Morgan fingerprint density at radius 1 is 1.27 bits per heavy atom. The minimum Gasteiger partial charge on any atom is -0.389 e. The molecule has 37 heavy (non-hydrogen) atoms. The largest absolute Gasteiger partial charge is 0.389 e. The first-order chi connectivity index (χ1) is 17.5. The van der Waals surface area contributed by atoms with Gasteiger partial charge in [0.25, 0.3) is 17.7 Å². The highest BCUT2D eigenvalue weighted by atomic mass is 35.5. The Bertz CT molecular complexity index is 1160. The van der Waals surface area contributed by atoms with Gasteiger partial charge in [0.2, 0.25) is 5.91 Å². The summed E-state index contributed by atoms with van der Waals surface area (Å²) in [5.74, 6) is -4.90. The lowest BCUT2D eigenvalue weighted by molar-refractivity contribution is -0.156. The van der Waals surface area contributed by atoms with E-state index >= 15 is 0 Å². The van der Waals surface area contributed by atoms with Crippen LogP contribution < -0.4 is 16.1 Å². The van der Waals surface area contributed by atoms with E-state index in [0.29, 0.717) is 11.9 Å². The van der Waals surface area contributed by atoms with E-state index in [1.807, 2.05) is 0 Å². The van der Waals surface area contributed by atoms with E-state index < -0.39 is 57.2 Å². The van der Waals surface area contributed by atoms with Crippen molar-refractivity contribution in [3.63, 3.8) is 0 Å². The molecule has 1 aliphatic rings. The number of hydroxylamine groups is 1. The number of hydrogen-bond acceptors (Lipinski definition) is 13. The first kappa shape index (κ1) is 30.5. The molecule has 0 spiro atoms. The number of rotatable bonds is 13. The predicted octanol–water partition coefficient (Wildman–Crippen LogP) is -0.785. The highest BCUT2D eigenvalue weighted by Crippen LogP contribution is 2.32. The standard InChI is InChI=1S/C16H18Cl2N6O10S3/c17-3-9(25)22-16-20-8(7-36-16)6-33-19-5-11(27)21-13-14(29)24(37(30,31)32)15(13)35-2-1-12(28)34-23-10(26)4-18/h5,7,13,15H,1-4,6H2,(H,21,27)(H,23,26)(H,20,22,25)(H,30,31,32)/t13-,15-/m1/s1. The zero-order chi connectivity index (χ0) is 27.6. The molecule has 0 aromatic carbocycles. The van der Waals surface area contributed by atoms with Crippen LogP contribution in [-0.2, 0) is 50.6 Å². The number of nitrogens with one attached hydrogen (secondary N) is 3. The van der Waals surface area contributed by atoms with Crippen molar-refractivity contribution >= 4 is 97.5 Å². The maximum atomic E-state index is 12.2. The van der Waals surface area contributed by atoms with Crippen LogP contribution in [0.5, 0.6) is 0 Å². The van der Waals surface area contributed by atoms with E-state index in [0.717, 1.165) is 23.1 Å². The minimum absolute atomic E-state index is 0.107. The number of carbonyl (C=O) groups is 5. The fourth-order valence-electron chi connectivity index (χ4n) is 2.40. The Balaban J connectivity index is 1.85. The molecule has 204 valence electrons. The quantitative estimate of drug-likeness (QED) is 0.0700. The third kappa shape index (κ3) is 9.59. The van der Waals surface area contributed by atoms with Gasteiger partial charge in [-0.3, -0.25) is 23.7 Å². The number of alkyl halides is 2. The Morgan fingerprint density at radius 2 is 1.97 bits per heavy atom. The average Bonchev–Trinajstić information content (AvgIpc) is 3.28. The summed E-state index contributed by atoms with van der Waals surface area (Å²) >= 11 is 12.5. The van der Waals surface area contributed by atoms with Gasteiger partial charge in [-0.15, -0.1) is 46.3 Å². The fraction of sp³-hybridized carbons (Fsp3) is 0.438. The number of anilines is 1. The number of thioether (sulfide) groups is 1. The number of nitrogens with zero attached hydrogens (tertiary/aromatic N) is 3. The molecule has 1 saturated heterocycles. The SMILES string of the molecule is O=C(C=NOCc1csc(NC(=O)CCl)n1)N[C@@H]1C(=O)N(S(=O)(=O)O)[C@@H]1SCCC(=O)ONC(=O)CCl. The molecule has 0 unspecified atom stereocenters. The number of carbonyl (C=O) groups excluding carboxylic acids is 5. The number of hydrogen-bond donors (Lipinski definition) is 4. The zero-order valence-corrected chi connectivity index (χ0v) is 22.3. The Hall–Kier alpha value is -2.71. The second-order valence-corrected chi connectivity index (χ2v) is 10.5. The van der Waals surface area contributed by atoms with Crippen LogP contribution in [0.15, 0.2) is 10.5 Å². The maximum Gasteiger partial charge on any atom is 0.363 e. The van der Waals surface area contributed by atoms with Gasteiger partial charge in [-0.1, -0.05) is 5.16 Å². The molecule has 2 rings (SSSR count). The molecule has 2 heterocycles. The lowest BCUT2D eigenvalue weighted by Crippen LogP contribution is -2.70. The molecular formula is C16H18Cl2N6O10S3. The summed E-state index contributed by atoms with van der Waals surface area (Å²) in [6.45, 7) is -0.157. The highest BCUT2D eigenvalue weighted by molar-refractivity contribution is 8.00. The third-order valence-corrected chi connectivity index (χ3v) is 7.51. The van der Waals surface area contributed by atoms with Crippen molar-refractivity contribution in [2.75, 3.05) is 22.8 Å². The molecule has 0 aliphatic carbocycles. The van der Waals surface area contributed by atoms with Gasteiger partial charge in [0.05, 0.1) is 12.1 Å². The summed E-state index contributed by atoms with van der Waals surface area (Å²) in [6, 6.07) is -1.37. The molecular weight excluding hydrogens is 603 g/mol. The van der Waals surface area contributed by atoms with E-state index in [-0.39, 0.29) is 34.1 Å². The average molecular weight is 621 g/mol. The third-order valence-electron chi connectivity index (χ3n) is 3.92. The molecule has 1 aromatic rings. The summed E-state index contributed by atoms with van der Waals surface area (Å²) in [4.78, 5) is 71.4. The molecule has 2 atom stereocenters. The number of thiazole rings is 1. The molecule has 4 N–H and O–H groups in total. The van der Waals surface area contributed by atoms with Gasteiger partial charge in [-0.25, -0.2) is 9.78 Å². The Morgan fingerprint density at radius 3 is 2.62 bits per heavy atom. The van der Waals surface area contributed by atoms with E-state index in [4.69, 9.17) is 28.0 Å². The minimum atomic E-state index is -4.94. The van der Waals surface area contributed by atoms with Gasteiger partial charge >= 0.3 is 16.3 Å². The van der Waals surface area contributed by atoms with Gasteiger partial charge in [0.15, 0.2) is 11.7 Å². The lowest BCUT2D eigenvalue weighted by Gasteiger charge is -2.43. The number of aromatic nitrogens is 1. The smallest absolute Gasteiger partial charge is 0.363 e. The summed E-state index contributed by atoms with van der Waals surface area (Å²) in [7, 11) is -4.94. The number of oxime groups is 1. The fourth-order valence-corrected chi connectivity index (χ4v) is 5.61. The number of amides is 4. The molecule has 0 bridgehead atoms. The first-order valence-corrected chi connectivity index (χ1v) is 14.1. The number of β-lactam (4-membered cyclic amide) rings is 1. The molecule has 0 saturated carbocycles. The summed E-state index contributed by atoms with van der Waals surface area (Å²) < 4.78 is 32.4. The van der Waals surface area contributed by atoms with Crippen LogP contribution in [0.1, 0.15) is 12.1 Å². The zero-order valence-electron chi connectivity index (χ0n) is 18.3. The van der Waals surface area contributed by atoms with Crippen LogP contribution in [0.2, 0.25) is 0 Å². The van der Waals surface area contributed by atoms with Crippen molar-refractivity contribution in [1.29, 1.82) is 0 Å². The summed E-state index contributed by atoms with van der Waals surface area (Å²) in [5, 5.41) is 8.67. The van der Waals surface area contributed by atoms with Crippen LogP contribution in [0, 0.1) is 0 Å². The van der Waals surface area contributed by atoms with Crippen LogP contribution in [0.25, 0.3) is 0 Å². The maximum absolute atomic E-state index is 12.2. The van der Waals surface area contributed by atoms with Crippen molar-refractivity contribution in [2.24, 2.45) is 5.16 Å². The van der Waals surface area contributed by atoms with Crippen molar-refractivity contribution < 1.29 is 46.6 Å². The summed E-state index contributed by atoms with van der Waals surface area (Å²) in [6.07, 6.45) is 0.367. The van der Waals surface area contributed by atoms with E-state index in [9.17, 15) is 36.9 Å². The molecule has 4 amide bonds. The van der Waals surface area contributed by atoms with Crippen molar-refractivity contribution in [3.8, 4) is 0 Å². The molecule has 0 radical (unpaired) electrons. The Labute approximate surface area is 227 Å². The lowest BCUT2D eigenvalue weighted by atomic mass is 10.1. The van der Waals surface area contributed by atoms with Gasteiger partial charge in [0, 0.05) is 11.1 Å². The van der Waals surface area contributed by atoms with Crippen molar-refractivity contribution in [1.82, 2.24) is 20.1 Å². The Kier molecular flexibility index (Phi) is 11.8. The second-order valence-electron chi connectivity index (χ2n) is 6.58. The van der Waals surface area contributed by atoms with E-state index in [2.05, 4.69) is 25.6 Å². The summed E-state index contributed by atoms with van der Waals surface area (Å²) in [5.41, 5.74) is 2.17. The monoisotopic (exact) mass is 620 g/mol. The predicted molar refractivity (Wildman–Crippen MR) is 131 cm³/mol. The molecule has 21 heteroatoms. The topological polar surface area (TPSA) is 223 Å². The molecule has 1 aromatic heterocycles. The normalized spacial score (nSPS) is 17.2. The van der Waals surface area contributed by atoms with E-state index in [1.165, 1.54) is 0 Å². The highest BCUT2D eigenvalue weighted by Gasteiger charge is 2.54. The van der Waals surface area contributed by atoms with Crippen LogP contribution in [0.3, 0.4) is 0 Å². The molecule has 1 fully saturated rings. The van der Waals surface area contributed by atoms with Crippen LogP contribution in [0.4, 0.5) is 5.13 Å². The number of halogens is 2. The molecule has 1 aliphatic heterocycles. The second kappa shape index (κ2) is 14.3. The van der Waals surface area contributed by atoms with Crippen molar-refractivity contribution in [2.45, 2.75) is 24.4 Å². The van der Waals surface area contributed by atoms with Crippen molar-refractivity contribution in [3.05, 3.63) is 11.1 Å². The molecule has 16 nitrogen and oxygen atoms in total. The van der Waals surface area contributed by atoms with Crippen LogP contribution in [-0.4, -0.2) is 87.0 Å². The van der Waals surface area contributed by atoms with Gasteiger partial charge < -0.3 is 20.3 Å². The first-order valence-electron chi connectivity index (χ1n) is 9.69. The van der Waals surface area contributed by atoms with Gasteiger partial charge in [-0.2, -0.15) is 18.2 Å².